The van der Waals surface area contributed by atoms with E-state index in [1.165, 1.54) is 12.1 Å². The van der Waals surface area contributed by atoms with Crippen molar-refractivity contribution in [1.29, 1.82) is 0 Å². The van der Waals surface area contributed by atoms with E-state index in [1.807, 2.05) is 43.0 Å². The van der Waals surface area contributed by atoms with Gasteiger partial charge in [0.25, 0.3) is 0 Å². The highest BCUT2D eigenvalue weighted by Gasteiger charge is 2.28. The second-order valence-corrected chi connectivity index (χ2v) is 10.5. The van der Waals surface area contributed by atoms with Crippen molar-refractivity contribution in [3.63, 3.8) is 0 Å². The number of hydrogen-bond acceptors (Lipinski definition) is 4. The summed E-state index contributed by atoms with van der Waals surface area (Å²) in [7, 11) is 0. The van der Waals surface area contributed by atoms with Gasteiger partial charge in [0.05, 0.1) is 0 Å². The van der Waals surface area contributed by atoms with Gasteiger partial charge in [-0.1, -0.05) is 25.0 Å². The zero-order valence-electron chi connectivity index (χ0n) is 22.3. The van der Waals surface area contributed by atoms with E-state index in [4.69, 9.17) is 0 Å². The first-order valence-electron chi connectivity index (χ1n) is 13.5. The van der Waals surface area contributed by atoms with E-state index in [1.54, 1.807) is 17.0 Å². The number of hydrogen-bond donors (Lipinski definition) is 2. The van der Waals surface area contributed by atoms with Gasteiger partial charge in [-0.05, 0) is 68.7 Å². The molecule has 4 amide bonds. The number of nitrogens with zero attached hydrogens (tertiary/aromatic N) is 3. The topological polar surface area (TPSA) is 85.0 Å². The van der Waals surface area contributed by atoms with Crippen molar-refractivity contribution in [3.05, 3.63) is 59.9 Å². The van der Waals surface area contributed by atoms with Crippen molar-refractivity contribution in [3.8, 4) is 0 Å². The molecule has 0 radical (unpaired) electrons. The lowest BCUT2D eigenvalue weighted by molar-refractivity contribution is -0.138. The number of carbonyl (C=O) groups is 3. The van der Waals surface area contributed by atoms with Crippen LogP contribution in [-0.4, -0.2) is 66.4 Å². The fourth-order valence-corrected chi connectivity index (χ4v) is 5.09. The van der Waals surface area contributed by atoms with Crippen LogP contribution in [0, 0.1) is 11.7 Å². The Morgan fingerprint density at radius 2 is 1.58 bits per heavy atom. The molecule has 2 aliphatic rings. The number of piperazine rings is 1. The maximum atomic E-state index is 13.4. The zero-order valence-corrected chi connectivity index (χ0v) is 22.3. The molecular formula is C29H38FN5O3. The molecule has 0 bridgehead atoms. The lowest BCUT2D eigenvalue weighted by Crippen LogP contribution is -2.52. The molecule has 2 aromatic rings. The van der Waals surface area contributed by atoms with E-state index in [-0.39, 0.29) is 48.7 Å². The van der Waals surface area contributed by atoms with Gasteiger partial charge in [0, 0.05) is 56.1 Å². The van der Waals surface area contributed by atoms with Crippen molar-refractivity contribution in [1.82, 2.24) is 15.1 Å². The van der Waals surface area contributed by atoms with Gasteiger partial charge in [0.15, 0.2) is 0 Å². The normalized spacial score (nSPS) is 16.0. The van der Waals surface area contributed by atoms with Gasteiger partial charge < -0.3 is 25.3 Å². The molecule has 38 heavy (non-hydrogen) atoms. The molecule has 204 valence electrons. The maximum absolute atomic E-state index is 13.4. The predicted octanol–water partition coefficient (Wildman–Crippen LogP) is 4.22. The van der Waals surface area contributed by atoms with Crippen LogP contribution in [0.5, 0.6) is 0 Å². The smallest absolute Gasteiger partial charge is 0.317 e. The van der Waals surface area contributed by atoms with E-state index in [0.717, 1.165) is 50.0 Å². The summed E-state index contributed by atoms with van der Waals surface area (Å²) >= 11 is 0. The number of rotatable bonds is 8. The minimum atomic E-state index is -0.331. The Bertz CT molecular complexity index is 1090. The maximum Gasteiger partial charge on any atom is 0.317 e. The number of benzene rings is 2. The average Bonchev–Trinajstić information content (AvgIpc) is 3.44. The predicted molar refractivity (Wildman–Crippen MR) is 146 cm³/mol. The molecule has 2 aromatic carbocycles. The molecule has 1 aliphatic heterocycles. The highest BCUT2D eigenvalue weighted by Crippen LogP contribution is 2.27. The first-order valence-corrected chi connectivity index (χ1v) is 13.5. The summed E-state index contributed by atoms with van der Waals surface area (Å²) in [5.41, 5.74) is 2.47. The van der Waals surface area contributed by atoms with E-state index < -0.39 is 0 Å². The van der Waals surface area contributed by atoms with Crippen LogP contribution in [0.25, 0.3) is 0 Å². The molecule has 2 N–H and O–H groups in total. The molecule has 8 nitrogen and oxygen atoms in total. The molecule has 9 heteroatoms. The zero-order chi connectivity index (χ0) is 27.1. The van der Waals surface area contributed by atoms with Gasteiger partial charge in [0.1, 0.15) is 12.4 Å². The first-order chi connectivity index (χ1) is 18.3. The highest BCUT2D eigenvalue weighted by atomic mass is 19.1. The summed E-state index contributed by atoms with van der Waals surface area (Å²) in [4.78, 5) is 44.0. The minimum Gasteiger partial charge on any atom is -0.368 e. The molecule has 1 saturated heterocycles. The number of urea groups is 1. The fraction of sp³-hybridized carbons (Fsp3) is 0.483. The molecule has 0 aromatic heterocycles. The Morgan fingerprint density at radius 1 is 0.947 bits per heavy atom. The molecule has 0 unspecified atom stereocenters. The van der Waals surface area contributed by atoms with Crippen molar-refractivity contribution < 1.29 is 18.8 Å². The van der Waals surface area contributed by atoms with Crippen LogP contribution in [0.15, 0.2) is 48.5 Å². The van der Waals surface area contributed by atoms with Crippen molar-refractivity contribution >= 4 is 29.2 Å². The third-order valence-electron chi connectivity index (χ3n) is 7.13. The highest BCUT2D eigenvalue weighted by molar-refractivity contribution is 5.95. The van der Waals surface area contributed by atoms with E-state index in [0.29, 0.717) is 18.8 Å². The Labute approximate surface area is 224 Å². The molecule has 4 rings (SSSR count). The van der Waals surface area contributed by atoms with Gasteiger partial charge in [-0.2, -0.15) is 0 Å². The Kier molecular flexibility index (Phi) is 9.20. The molecule has 1 heterocycles. The first kappa shape index (κ1) is 27.4. The molecule has 0 atom stereocenters. The standard InChI is InChI=1S/C29H38FN5O3/c1-21(2)31-29(38)34-17-15-33(16-18-34)26-13-11-25(12-14-26)32-27(36)20-35(28(37)23-5-3-4-6-23)19-22-7-9-24(30)10-8-22/h7-14,21,23H,3-6,15-20H2,1-2H3,(H,31,38)(H,32,36). The quantitative estimate of drug-likeness (QED) is 0.543. The Morgan fingerprint density at radius 3 is 2.18 bits per heavy atom. The van der Waals surface area contributed by atoms with E-state index in [9.17, 15) is 18.8 Å². The fourth-order valence-electron chi connectivity index (χ4n) is 5.09. The van der Waals surface area contributed by atoms with Crippen LogP contribution in [-0.2, 0) is 16.1 Å². The summed E-state index contributed by atoms with van der Waals surface area (Å²) < 4.78 is 13.4. The van der Waals surface area contributed by atoms with E-state index in [2.05, 4.69) is 15.5 Å². The monoisotopic (exact) mass is 523 g/mol. The van der Waals surface area contributed by atoms with Gasteiger partial charge in [-0.3, -0.25) is 9.59 Å². The van der Waals surface area contributed by atoms with Crippen molar-refractivity contribution in [2.75, 3.05) is 42.9 Å². The minimum absolute atomic E-state index is 0.0152. The molecule has 1 aliphatic carbocycles. The number of nitrogens with one attached hydrogen (secondary N) is 2. The summed E-state index contributed by atoms with van der Waals surface area (Å²) in [5.74, 6) is -0.670. The number of amides is 4. The van der Waals surface area contributed by atoms with Gasteiger partial charge >= 0.3 is 6.03 Å². The molecule has 0 spiro atoms. The molecule has 1 saturated carbocycles. The van der Waals surface area contributed by atoms with Gasteiger partial charge in [-0.25, -0.2) is 9.18 Å². The van der Waals surface area contributed by atoms with Crippen molar-refractivity contribution in [2.45, 2.75) is 52.1 Å². The number of anilines is 2. The van der Waals surface area contributed by atoms with Crippen LogP contribution in [0.3, 0.4) is 0 Å². The van der Waals surface area contributed by atoms with Crippen LogP contribution < -0.4 is 15.5 Å². The molecule has 2 fully saturated rings. The third kappa shape index (κ3) is 7.46. The van der Waals surface area contributed by atoms with Crippen LogP contribution in [0.1, 0.15) is 45.1 Å². The van der Waals surface area contributed by atoms with E-state index >= 15 is 0 Å². The van der Waals surface area contributed by atoms with Crippen LogP contribution in [0.2, 0.25) is 0 Å². The van der Waals surface area contributed by atoms with Gasteiger partial charge in [-0.15, -0.1) is 0 Å². The Balaban J connectivity index is 1.32. The summed E-state index contributed by atoms with van der Waals surface area (Å²) in [6.07, 6.45) is 3.75. The van der Waals surface area contributed by atoms with Crippen molar-refractivity contribution in [2.24, 2.45) is 5.92 Å². The number of carbonyl (C=O) groups excluding carboxylic acids is 3. The largest absolute Gasteiger partial charge is 0.368 e. The summed E-state index contributed by atoms with van der Waals surface area (Å²) in [5, 5.41) is 5.84. The SMILES string of the molecule is CC(C)NC(=O)N1CCN(c2ccc(NC(=O)CN(Cc3ccc(F)cc3)C(=O)C3CCCC3)cc2)CC1. The lowest BCUT2D eigenvalue weighted by atomic mass is 10.1. The lowest BCUT2D eigenvalue weighted by Gasteiger charge is -2.36. The number of halogens is 1. The average molecular weight is 524 g/mol. The van der Waals surface area contributed by atoms with Crippen LogP contribution >= 0.6 is 0 Å². The second kappa shape index (κ2) is 12.8. The van der Waals surface area contributed by atoms with Crippen LogP contribution in [0.4, 0.5) is 20.6 Å². The summed E-state index contributed by atoms with van der Waals surface area (Å²) in [6, 6.07) is 13.7. The second-order valence-electron chi connectivity index (χ2n) is 10.5. The summed E-state index contributed by atoms with van der Waals surface area (Å²) in [6.45, 7) is 6.87. The Hall–Kier alpha value is -3.62. The molecular weight excluding hydrogens is 485 g/mol. The van der Waals surface area contributed by atoms with Gasteiger partial charge in [0.2, 0.25) is 11.8 Å². The third-order valence-corrected chi connectivity index (χ3v) is 7.13.